The van der Waals surface area contributed by atoms with Crippen LogP contribution in [0.1, 0.15) is 28.2 Å². The molecule has 1 aliphatic rings. The summed E-state index contributed by atoms with van der Waals surface area (Å²) in [5.74, 6) is 0.634. The van der Waals surface area contributed by atoms with E-state index in [0.29, 0.717) is 29.7 Å². The molecule has 0 spiro atoms. The van der Waals surface area contributed by atoms with E-state index in [9.17, 15) is 4.79 Å². The van der Waals surface area contributed by atoms with E-state index in [1.807, 2.05) is 84.6 Å². The van der Waals surface area contributed by atoms with Gasteiger partial charge in [0.2, 0.25) is 0 Å². The predicted octanol–water partition coefficient (Wildman–Crippen LogP) is 7.92. The van der Waals surface area contributed by atoms with Crippen molar-refractivity contribution in [3.8, 4) is 22.4 Å². The van der Waals surface area contributed by atoms with E-state index in [0.717, 1.165) is 88.2 Å². The normalized spacial score (nSPS) is 13.8. The van der Waals surface area contributed by atoms with Crippen molar-refractivity contribution >= 4 is 46.7 Å². The molecule has 11 heteroatoms. The van der Waals surface area contributed by atoms with Gasteiger partial charge in [0.05, 0.1) is 23.6 Å². The summed E-state index contributed by atoms with van der Waals surface area (Å²) in [6, 6.07) is 28.2. The van der Waals surface area contributed by atoms with Gasteiger partial charge in [-0.15, -0.1) is 0 Å². The second kappa shape index (κ2) is 15.1. The quantitative estimate of drug-likeness (QED) is 0.105. The standard InChI is InChI=1S/C40H39Cl2N7O2/c1-27-32(29(3)48(44-27)26-33-34(41)15-10-16-35(33)42)17-18-38(50)51-24-23-46-19-21-47(22-20-46)37-25-36(30-11-6-4-7-12-30)43-40-39(28(2)45-49(37)40)31-13-8-5-9-14-31/h4-18,25H,19-24,26H2,1-3H3/b18-17+. The zero-order valence-corrected chi connectivity index (χ0v) is 30.4. The van der Waals surface area contributed by atoms with Gasteiger partial charge in [0.1, 0.15) is 12.4 Å². The summed E-state index contributed by atoms with van der Waals surface area (Å²) in [4.78, 5) is 22.5. The van der Waals surface area contributed by atoms with Crippen LogP contribution in [0.2, 0.25) is 10.0 Å². The number of benzene rings is 3. The molecule has 260 valence electrons. The Morgan fingerprint density at radius 2 is 1.49 bits per heavy atom. The number of rotatable bonds is 10. The Kier molecular flexibility index (Phi) is 10.2. The zero-order chi connectivity index (χ0) is 35.5. The van der Waals surface area contributed by atoms with Crippen molar-refractivity contribution in [1.29, 1.82) is 0 Å². The summed E-state index contributed by atoms with van der Waals surface area (Å²) < 4.78 is 9.45. The fourth-order valence-electron chi connectivity index (χ4n) is 6.65. The molecular formula is C40H39Cl2N7O2. The summed E-state index contributed by atoms with van der Waals surface area (Å²) in [6.45, 7) is 10.6. The first-order valence-corrected chi connectivity index (χ1v) is 17.8. The summed E-state index contributed by atoms with van der Waals surface area (Å²) >= 11 is 12.8. The molecule has 3 aromatic heterocycles. The molecule has 1 aliphatic heterocycles. The van der Waals surface area contributed by atoms with Gasteiger partial charge in [-0.05, 0) is 44.5 Å². The maximum absolute atomic E-state index is 12.7. The third-order valence-corrected chi connectivity index (χ3v) is 10.1. The lowest BCUT2D eigenvalue weighted by Crippen LogP contribution is -2.48. The van der Waals surface area contributed by atoms with Gasteiger partial charge >= 0.3 is 5.97 Å². The van der Waals surface area contributed by atoms with Gasteiger partial charge in [-0.2, -0.15) is 14.7 Å². The van der Waals surface area contributed by atoms with Crippen molar-refractivity contribution in [2.45, 2.75) is 27.3 Å². The van der Waals surface area contributed by atoms with Gasteiger partial charge in [-0.1, -0.05) is 89.9 Å². The molecule has 0 saturated carbocycles. The molecule has 0 amide bonds. The molecule has 0 unspecified atom stereocenters. The highest BCUT2D eigenvalue weighted by Gasteiger charge is 2.24. The molecular weight excluding hydrogens is 681 g/mol. The molecule has 0 N–H and O–H groups in total. The van der Waals surface area contributed by atoms with E-state index in [1.165, 1.54) is 6.08 Å². The van der Waals surface area contributed by atoms with Gasteiger partial charge < -0.3 is 9.64 Å². The second-order valence-corrected chi connectivity index (χ2v) is 13.5. The topological polar surface area (TPSA) is 80.8 Å². The summed E-state index contributed by atoms with van der Waals surface area (Å²) in [5.41, 5.74) is 9.31. The lowest BCUT2D eigenvalue weighted by molar-refractivity contribution is -0.138. The summed E-state index contributed by atoms with van der Waals surface area (Å²) in [5, 5.41) is 10.8. The van der Waals surface area contributed by atoms with Crippen LogP contribution in [-0.2, 0) is 16.1 Å². The molecule has 4 heterocycles. The number of piperazine rings is 1. The Morgan fingerprint density at radius 1 is 0.824 bits per heavy atom. The van der Waals surface area contributed by atoms with Crippen molar-refractivity contribution in [1.82, 2.24) is 29.3 Å². The molecule has 1 fully saturated rings. The molecule has 0 aliphatic carbocycles. The predicted molar refractivity (Wildman–Crippen MR) is 205 cm³/mol. The number of aryl methyl sites for hydroxylation is 2. The number of carbonyl (C=O) groups excluding carboxylic acids is 1. The number of nitrogens with zero attached hydrogens (tertiary/aromatic N) is 7. The third-order valence-electron chi connectivity index (χ3n) is 9.42. The molecule has 0 bridgehead atoms. The number of hydrogen-bond acceptors (Lipinski definition) is 7. The molecule has 0 radical (unpaired) electrons. The van der Waals surface area contributed by atoms with E-state index in [4.69, 9.17) is 38.0 Å². The van der Waals surface area contributed by atoms with E-state index in [2.05, 4.69) is 45.2 Å². The smallest absolute Gasteiger partial charge is 0.330 e. The van der Waals surface area contributed by atoms with Crippen molar-refractivity contribution in [3.63, 3.8) is 0 Å². The van der Waals surface area contributed by atoms with Gasteiger partial charge in [-0.3, -0.25) is 9.58 Å². The Balaban J connectivity index is 0.985. The van der Waals surface area contributed by atoms with Crippen LogP contribution in [-0.4, -0.2) is 74.6 Å². The fraction of sp³-hybridized carbons (Fsp3) is 0.250. The summed E-state index contributed by atoms with van der Waals surface area (Å²) in [6.07, 6.45) is 3.24. The number of hydrogen-bond donors (Lipinski definition) is 0. The van der Waals surface area contributed by atoms with Crippen LogP contribution in [0.5, 0.6) is 0 Å². The Bertz CT molecular complexity index is 2190. The Labute approximate surface area is 307 Å². The highest BCUT2D eigenvalue weighted by Crippen LogP contribution is 2.33. The van der Waals surface area contributed by atoms with Crippen molar-refractivity contribution in [2.24, 2.45) is 0 Å². The van der Waals surface area contributed by atoms with E-state index in [-0.39, 0.29) is 5.97 Å². The average Bonchev–Trinajstić information content (AvgIpc) is 3.62. The van der Waals surface area contributed by atoms with Gasteiger partial charge in [0.15, 0.2) is 5.65 Å². The number of aromatic nitrogens is 5. The zero-order valence-electron chi connectivity index (χ0n) is 28.9. The van der Waals surface area contributed by atoms with Gasteiger partial charge in [-0.25, -0.2) is 9.78 Å². The molecule has 0 atom stereocenters. The molecule has 9 nitrogen and oxygen atoms in total. The number of fused-ring (bicyclic) bond motifs is 1. The number of ether oxygens (including phenoxy) is 1. The Morgan fingerprint density at radius 3 is 2.18 bits per heavy atom. The monoisotopic (exact) mass is 719 g/mol. The minimum Gasteiger partial charge on any atom is -0.461 e. The second-order valence-electron chi connectivity index (χ2n) is 12.7. The first-order valence-electron chi connectivity index (χ1n) is 17.1. The van der Waals surface area contributed by atoms with Crippen LogP contribution >= 0.6 is 23.2 Å². The first-order chi connectivity index (χ1) is 24.8. The van der Waals surface area contributed by atoms with Crippen molar-refractivity contribution in [2.75, 3.05) is 44.2 Å². The number of carbonyl (C=O) groups is 1. The first kappa shape index (κ1) is 34.5. The molecule has 51 heavy (non-hydrogen) atoms. The van der Waals surface area contributed by atoms with Crippen LogP contribution in [0.4, 0.5) is 5.82 Å². The van der Waals surface area contributed by atoms with Crippen LogP contribution in [0.15, 0.2) is 91.0 Å². The highest BCUT2D eigenvalue weighted by molar-refractivity contribution is 6.36. The van der Waals surface area contributed by atoms with Gasteiger partial charge in [0.25, 0.3) is 0 Å². The number of anilines is 1. The van der Waals surface area contributed by atoms with E-state index < -0.39 is 0 Å². The van der Waals surface area contributed by atoms with Crippen LogP contribution in [0, 0.1) is 20.8 Å². The largest absolute Gasteiger partial charge is 0.461 e. The van der Waals surface area contributed by atoms with E-state index in [1.54, 1.807) is 6.08 Å². The third kappa shape index (κ3) is 7.42. The highest BCUT2D eigenvalue weighted by atomic mass is 35.5. The number of halogens is 2. The molecule has 6 aromatic rings. The van der Waals surface area contributed by atoms with Crippen LogP contribution in [0.3, 0.4) is 0 Å². The van der Waals surface area contributed by atoms with Crippen molar-refractivity contribution in [3.05, 3.63) is 129 Å². The lowest BCUT2D eigenvalue weighted by atomic mass is 10.1. The minimum atomic E-state index is -0.384. The molecule has 7 rings (SSSR count). The summed E-state index contributed by atoms with van der Waals surface area (Å²) in [7, 11) is 0. The van der Waals surface area contributed by atoms with Crippen LogP contribution in [0.25, 0.3) is 34.1 Å². The lowest BCUT2D eigenvalue weighted by Gasteiger charge is -2.35. The maximum Gasteiger partial charge on any atom is 0.330 e. The Hall–Kier alpha value is -4.96. The van der Waals surface area contributed by atoms with Crippen LogP contribution < -0.4 is 4.90 Å². The SMILES string of the molecule is Cc1nn(Cc2c(Cl)cccc2Cl)c(C)c1/C=C/C(=O)OCCN1CCN(c2cc(-c3ccccc3)nc3c(-c4ccccc4)c(C)nn23)CC1. The molecule has 1 saturated heterocycles. The van der Waals surface area contributed by atoms with Crippen molar-refractivity contribution < 1.29 is 9.53 Å². The van der Waals surface area contributed by atoms with E-state index >= 15 is 0 Å². The maximum atomic E-state index is 12.7. The fourth-order valence-corrected chi connectivity index (χ4v) is 7.16. The molecule has 3 aromatic carbocycles. The minimum absolute atomic E-state index is 0.307. The average molecular weight is 721 g/mol. The number of esters is 1. The van der Waals surface area contributed by atoms with Gasteiger partial charge in [0, 0.05) is 82.9 Å².